The molecule has 0 bridgehead atoms. The van der Waals surface area contributed by atoms with Crippen LogP contribution in [0.5, 0.6) is 5.75 Å². The lowest BCUT2D eigenvalue weighted by atomic mass is 10.1. The van der Waals surface area contributed by atoms with E-state index in [1.54, 1.807) is 12.1 Å². The number of aliphatic carboxylic acids is 1. The maximum absolute atomic E-state index is 11.2. The number of hydrogen-bond acceptors (Lipinski definition) is 4. The summed E-state index contributed by atoms with van der Waals surface area (Å²) in [7, 11) is 1.16. The van der Waals surface area contributed by atoms with Crippen molar-refractivity contribution >= 4 is 27.9 Å². The third-order valence-corrected chi connectivity index (χ3v) is 2.80. The zero-order valence-electron chi connectivity index (χ0n) is 9.76. The molecule has 0 aliphatic heterocycles. The summed E-state index contributed by atoms with van der Waals surface area (Å²) in [4.78, 5) is 22.0. The van der Waals surface area contributed by atoms with Gasteiger partial charge in [0.2, 0.25) is 0 Å². The first-order chi connectivity index (χ1) is 8.54. The maximum atomic E-state index is 11.2. The van der Waals surface area contributed by atoms with Gasteiger partial charge in [0.05, 0.1) is 13.7 Å². The predicted octanol–water partition coefficient (Wildman–Crippen LogP) is 2.09. The summed E-state index contributed by atoms with van der Waals surface area (Å²) < 4.78 is 10.7. The molecule has 0 aliphatic carbocycles. The van der Waals surface area contributed by atoms with E-state index in [9.17, 15) is 9.59 Å². The molecule has 18 heavy (non-hydrogen) atoms. The van der Waals surface area contributed by atoms with Crippen molar-refractivity contribution in [2.75, 3.05) is 13.7 Å². The molecule has 0 aliphatic rings. The lowest BCUT2D eigenvalue weighted by Crippen LogP contribution is -2.26. The Labute approximate surface area is 113 Å². The second kappa shape index (κ2) is 7.00. The molecule has 0 fully saturated rings. The van der Waals surface area contributed by atoms with Crippen LogP contribution in [0.4, 0.5) is 0 Å². The molecule has 98 valence electrons. The lowest BCUT2D eigenvalue weighted by Gasteiger charge is -2.11. The SMILES string of the molecule is COC(=O)C(CCOc1ccc(Br)cc1)C(=O)O. The number of esters is 1. The predicted molar refractivity (Wildman–Crippen MR) is 67.4 cm³/mol. The van der Waals surface area contributed by atoms with Gasteiger partial charge in [0, 0.05) is 10.9 Å². The number of carbonyl (C=O) groups is 2. The van der Waals surface area contributed by atoms with Gasteiger partial charge in [0.1, 0.15) is 5.75 Å². The highest BCUT2D eigenvalue weighted by atomic mass is 79.9. The smallest absolute Gasteiger partial charge is 0.320 e. The van der Waals surface area contributed by atoms with Crippen molar-refractivity contribution in [2.24, 2.45) is 5.92 Å². The topological polar surface area (TPSA) is 72.8 Å². The number of carboxylic acid groups (broad SMARTS) is 1. The molecule has 0 radical (unpaired) electrons. The minimum Gasteiger partial charge on any atom is -0.494 e. The second-order valence-electron chi connectivity index (χ2n) is 3.51. The van der Waals surface area contributed by atoms with E-state index in [1.807, 2.05) is 12.1 Å². The number of hydrogen-bond donors (Lipinski definition) is 1. The number of benzene rings is 1. The van der Waals surface area contributed by atoms with Crippen LogP contribution in [0.25, 0.3) is 0 Å². The van der Waals surface area contributed by atoms with Gasteiger partial charge in [-0.15, -0.1) is 0 Å². The monoisotopic (exact) mass is 316 g/mol. The molecule has 1 atom stereocenters. The van der Waals surface area contributed by atoms with Crippen LogP contribution in [0, 0.1) is 5.92 Å². The van der Waals surface area contributed by atoms with Crippen molar-refractivity contribution < 1.29 is 24.2 Å². The fourth-order valence-electron chi connectivity index (χ4n) is 1.31. The van der Waals surface area contributed by atoms with E-state index in [1.165, 1.54) is 0 Å². The fraction of sp³-hybridized carbons (Fsp3) is 0.333. The normalized spacial score (nSPS) is 11.7. The van der Waals surface area contributed by atoms with Crippen LogP contribution in [-0.2, 0) is 14.3 Å². The van der Waals surface area contributed by atoms with Gasteiger partial charge in [-0.25, -0.2) is 0 Å². The van der Waals surface area contributed by atoms with Crippen molar-refractivity contribution in [3.05, 3.63) is 28.7 Å². The molecule has 5 nitrogen and oxygen atoms in total. The highest BCUT2D eigenvalue weighted by Crippen LogP contribution is 2.17. The Balaban J connectivity index is 2.46. The minimum absolute atomic E-state index is 0.0675. The van der Waals surface area contributed by atoms with E-state index < -0.39 is 17.9 Å². The second-order valence-corrected chi connectivity index (χ2v) is 4.42. The average Bonchev–Trinajstić information content (AvgIpc) is 2.35. The van der Waals surface area contributed by atoms with E-state index in [0.29, 0.717) is 5.75 Å². The van der Waals surface area contributed by atoms with E-state index >= 15 is 0 Å². The van der Waals surface area contributed by atoms with Crippen molar-refractivity contribution in [3.8, 4) is 5.75 Å². The molecule has 0 aromatic heterocycles. The minimum atomic E-state index is -1.21. The van der Waals surface area contributed by atoms with Gasteiger partial charge in [-0.2, -0.15) is 0 Å². The van der Waals surface area contributed by atoms with E-state index in [0.717, 1.165) is 11.6 Å². The van der Waals surface area contributed by atoms with Gasteiger partial charge in [-0.05, 0) is 24.3 Å². The Bertz CT molecular complexity index is 415. The molecule has 1 N–H and O–H groups in total. The number of halogens is 1. The van der Waals surface area contributed by atoms with Gasteiger partial charge in [0.15, 0.2) is 5.92 Å². The maximum Gasteiger partial charge on any atom is 0.320 e. The zero-order chi connectivity index (χ0) is 13.5. The summed E-state index contributed by atoms with van der Waals surface area (Å²) in [6.07, 6.45) is 0.0675. The first-order valence-corrected chi connectivity index (χ1v) is 6.03. The molecule has 1 rings (SSSR count). The van der Waals surface area contributed by atoms with Crippen molar-refractivity contribution in [1.82, 2.24) is 0 Å². The number of ether oxygens (including phenoxy) is 2. The molecule has 1 aromatic rings. The summed E-state index contributed by atoms with van der Waals surface area (Å²) in [5.41, 5.74) is 0. The highest BCUT2D eigenvalue weighted by Gasteiger charge is 2.26. The van der Waals surface area contributed by atoms with Gasteiger partial charge >= 0.3 is 11.9 Å². The Morgan fingerprint density at radius 3 is 2.44 bits per heavy atom. The quantitative estimate of drug-likeness (QED) is 0.642. The van der Waals surface area contributed by atoms with Crippen molar-refractivity contribution in [3.63, 3.8) is 0 Å². The largest absolute Gasteiger partial charge is 0.494 e. The van der Waals surface area contributed by atoms with Gasteiger partial charge in [-0.3, -0.25) is 9.59 Å². The Kier molecular flexibility index (Phi) is 5.64. The zero-order valence-corrected chi connectivity index (χ0v) is 11.3. The number of carbonyl (C=O) groups excluding carboxylic acids is 1. The molecule has 0 spiro atoms. The van der Waals surface area contributed by atoms with Gasteiger partial charge < -0.3 is 14.6 Å². The molecule has 6 heteroatoms. The summed E-state index contributed by atoms with van der Waals surface area (Å²) in [5.74, 6) is -2.54. The van der Waals surface area contributed by atoms with Crippen LogP contribution in [0.2, 0.25) is 0 Å². The summed E-state index contributed by atoms with van der Waals surface area (Å²) in [5, 5.41) is 8.85. The number of carboxylic acids is 1. The molecule has 1 unspecified atom stereocenters. The molecule has 0 saturated heterocycles. The third-order valence-electron chi connectivity index (χ3n) is 2.27. The Morgan fingerprint density at radius 1 is 1.33 bits per heavy atom. The standard InChI is InChI=1S/C12H13BrO5/c1-17-12(16)10(11(14)15)6-7-18-9-4-2-8(13)3-5-9/h2-5,10H,6-7H2,1H3,(H,14,15). The van der Waals surface area contributed by atoms with Crippen LogP contribution < -0.4 is 4.74 Å². The van der Waals surface area contributed by atoms with Gasteiger partial charge in [0.25, 0.3) is 0 Å². The van der Waals surface area contributed by atoms with E-state index in [-0.39, 0.29) is 13.0 Å². The summed E-state index contributed by atoms with van der Waals surface area (Å²) in [6.45, 7) is 0.133. The lowest BCUT2D eigenvalue weighted by molar-refractivity contribution is -0.157. The molecular weight excluding hydrogens is 304 g/mol. The van der Waals surface area contributed by atoms with Crippen LogP contribution in [0.1, 0.15) is 6.42 Å². The average molecular weight is 317 g/mol. The number of rotatable bonds is 6. The molecule has 0 heterocycles. The Morgan fingerprint density at radius 2 is 1.94 bits per heavy atom. The molecular formula is C12H13BrO5. The van der Waals surface area contributed by atoms with Crippen LogP contribution >= 0.6 is 15.9 Å². The van der Waals surface area contributed by atoms with Crippen LogP contribution in [-0.4, -0.2) is 30.8 Å². The van der Waals surface area contributed by atoms with Crippen LogP contribution in [0.3, 0.4) is 0 Å². The summed E-state index contributed by atoms with van der Waals surface area (Å²) in [6, 6.07) is 7.12. The first kappa shape index (κ1) is 14.5. The summed E-state index contributed by atoms with van der Waals surface area (Å²) >= 11 is 3.29. The van der Waals surface area contributed by atoms with Gasteiger partial charge in [-0.1, -0.05) is 15.9 Å². The third kappa shape index (κ3) is 4.37. The van der Waals surface area contributed by atoms with Crippen molar-refractivity contribution in [1.29, 1.82) is 0 Å². The van der Waals surface area contributed by atoms with E-state index in [2.05, 4.69) is 20.7 Å². The van der Waals surface area contributed by atoms with Crippen molar-refractivity contribution in [2.45, 2.75) is 6.42 Å². The molecule has 0 amide bonds. The number of methoxy groups -OCH3 is 1. The fourth-order valence-corrected chi connectivity index (χ4v) is 1.57. The first-order valence-electron chi connectivity index (χ1n) is 5.23. The van der Waals surface area contributed by atoms with E-state index in [4.69, 9.17) is 9.84 Å². The Hall–Kier alpha value is -1.56. The molecule has 0 saturated carbocycles. The van der Waals surface area contributed by atoms with Crippen LogP contribution in [0.15, 0.2) is 28.7 Å². The molecule has 1 aromatic carbocycles. The highest BCUT2D eigenvalue weighted by molar-refractivity contribution is 9.10.